The van der Waals surface area contributed by atoms with E-state index in [2.05, 4.69) is 14.4 Å². The van der Waals surface area contributed by atoms with Gasteiger partial charge in [-0.3, -0.25) is 4.72 Å². The number of carbonyl (C=O) groups excluding carboxylic acids is 1. The van der Waals surface area contributed by atoms with E-state index >= 15 is 0 Å². The lowest BCUT2D eigenvalue weighted by molar-refractivity contribution is 0.0605. The third-order valence-electron chi connectivity index (χ3n) is 2.84. The van der Waals surface area contributed by atoms with E-state index in [-0.39, 0.29) is 14.9 Å². The number of nitrogens with zero attached hydrogens (tertiary/aromatic N) is 1. The Morgan fingerprint density at radius 3 is 2.64 bits per heavy atom. The molecule has 0 saturated heterocycles. The van der Waals surface area contributed by atoms with Crippen molar-refractivity contribution in [2.45, 2.75) is 18.7 Å². The molecular formula is C13H13FN2O4S2. The van der Waals surface area contributed by atoms with Crippen LogP contribution in [-0.4, -0.2) is 26.5 Å². The van der Waals surface area contributed by atoms with Crippen LogP contribution in [0.4, 0.5) is 9.52 Å². The van der Waals surface area contributed by atoms with Gasteiger partial charge in [-0.15, -0.1) is 0 Å². The molecule has 118 valence electrons. The zero-order valence-electron chi connectivity index (χ0n) is 12.0. The highest BCUT2D eigenvalue weighted by atomic mass is 32.2. The minimum atomic E-state index is -3.98. The first-order chi connectivity index (χ1) is 10.2. The molecule has 0 radical (unpaired) electrons. The van der Waals surface area contributed by atoms with Crippen LogP contribution in [0.3, 0.4) is 0 Å². The van der Waals surface area contributed by atoms with Crippen molar-refractivity contribution in [1.29, 1.82) is 0 Å². The molecule has 1 N–H and O–H groups in total. The van der Waals surface area contributed by atoms with Gasteiger partial charge in [0.2, 0.25) is 0 Å². The molecule has 0 saturated carbocycles. The van der Waals surface area contributed by atoms with Gasteiger partial charge in [0.1, 0.15) is 10.7 Å². The first kappa shape index (κ1) is 16.4. The van der Waals surface area contributed by atoms with Gasteiger partial charge in [-0.25, -0.2) is 22.6 Å². The van der Waals surface area contributed by atoms with Crippen molar-refractivity contribution in [3.05, 3.63) is 40.2 Å². The van der Waals surface area contributed by atoms with E-state index in [4.69, 9.17) is 0 Å². The maximum atomic E-state index is 13.5. The first-order valence-corrected chi connectivity index (χ1v) is 8.39. The molecule has 0 aliphatic carbocycles. The zero-order chi connectivity index (χ0) is 16.5. The van der Waals surface area contributed by atoms with E-state index in [1.54, 1.807) is 6.92 Å². The van der Waals surface area contributed by atoms with E-state index in [9.17, 15) is 17.6 Å². The lowest BCUT2D eigenvalue weighted by Gasteiger charge is -2.06. The summed E-state index contributed by atoms with van der Waals surface area (Å²) in [5.41, 5.74) is 0.696. The highest BCUT2D eigenvalue weighted by molar-refractivity contribution is 7.93. The van der Waals surface area contributed by atoms with E-state index < -0.39 is 21.8 Å². The average Bonchev–Trinajstić information content (AvgIpc) is 2.80. The second-order valence-corrected chi connectivity index (χ2v) is 7.12. The second-order valence-electron chi connectivity index (χ2n) is 4.44. The van der Waals surface area contributed by atoms with Gasteiger partial charge >= 0.3 is 5.97 Å². The summed E-state index contributed by atoms with van der Waals surface area (Å²) in [5.74, 6) is -1.21. The molecule has 1 heterocycles. The summed E-state index contributed by atoms with van der Waals surface area (Å²) in [7, 11) is -2.76. The molecule has 0 fully saturated rings. The van der Waals surface area contributed by atoms with Crippen LogP contribution >= 0.6 is 11.3 Å². The van der Waals surface area contributed by atoms with Crippen molar-refractivity contribution in [2.75, 3.05) is 11.8 Å². The topological polar surface area (TPSA) is 85.4 Å². The highest BCUT2D eigenvalue weighted by Crippen LogP contribution is 2.26. The van der Waals surface area contributed by atoms with Gasteiger partial charge in [0.05, 0.1) is 17.7 Å². The molecule has 0 aliphatic rings. The normalized spacial score (nSPS) is 11.3. The van der Waals surface area contributed by atoms with Crippen LogP contribution in [0, 0.1) is 19.7 Å². The monoisotopic (exact) mass is 344 g/mol. The summed E-state index contributed by atoms with van der Waals surface area (Å²) in [5, 5.41) is 0.0129. The molecule has 0 amide bonds. The Morgan fingerprint density at radius 1 is 1.36 bits per heavy atom. The first-order valence-electron chi connectivity index (χ1n) is 6.09. The predicted octanol–water partition coefficient (Wildman–Crippen LogP) is 2.49. The number of benzene rings is 1. The number of anilines is 1. The van der Waals surface area contributed by atoms with Crippen molar-refractivity contribution in [2.24, 2.45) is 0 Å². The van der Waals surface area contributed by atoms with Gasteiger partial charge in [-0.2, -0.15) is 0 Å². The quantitative estimate of drug-likeness (QED) is 0.861. The van der Waals surface area contributed by atoms with E-state index in [1.807, 2.05) is 0 Å². The number of esters is 1. The number of aryl methyl sites for hydroxylation is 2. The standard InChI is InChI=1S/C13H13FN2O4S2/c1-7-4-5-9(6-10(7)14)22(18,19)16-13-15-8(2)11(21-13)12(17)20-3/h4-6H,1-3H3,(H,15,16). The van der Waals surface area contributed by atoms with Crippen molar-refractivity contribution in [3.8, 4) is 0 Å². The van der Waals surface area contributed by atoms with Crippen LogP contribution in [-0.2, 0) is 14.8 Å². The number of aromatic nitrogens is 1. The minimum absolute atomic E-state index is 0.0129. The maximum Gasteiger partial charge on any atom is 0.350 e. The predicted molar refractivity (Wildman–Crippen MR) is 80.1 cm³/mol. The summed E-state index contributed by atoms with van der Waals surface area (Å²) >= 11 is 0.851. The van der Waals surface area contributed by atoms with E-state index in [0.29, 0.717) is 11.3 Å². The van der Waals surface area contributed by atoms with Gasteiger partial charge in [0.15, 0.2) is 5.13 Å². The van der Waals surface area contributed by atoms with Crippen LogP contribution in [0.2, 0.25) is 0 Å². The van der Waals surface area contributed by atoms with Gasteiger partial charge in [-0.05, 0) is 31.5 Å². The average molecular weight is 344 g/mol. The van der Waals surface area contributed by atoms with Crippen LogP contribution in [0.15, 0.2) is 23.1 Å². The van der Waals surface area contributed by atoms with Crippen molar-refractivity contribution >= 4 is 32.5 Å². The number of methoxy groups -OCH3 is 1. The molecule has 0 spiro atoms. The lowest BCUT2D eigenvalue weighted by atomic mass is 10.2. The van der Waals surface area contributed by atoms with Crippen LogP contribution < -0.4 is 4.72 Å². The third kappa shape index (κ3) is 3.25. The molecule has 0 aliphatic heterocycles. The fourth-order valence-corrected chi connectivity index (χ4v) is 3.77. The summed E-state index contributed by atoms with van der Waals surface area (Å²) in [6.45, 7) is 3.10. The number of ether oxygens (including phenoxy) is 1. The van der Waals surface area contributed by atoms with Gasteiger partial charge < -0.3 is 4.74 Å². The Hall–Kier alpha value is -2.00. The van der Waals surface area contributed by atoms with Crippen molar-refractivity contribution in [3.63, 3.8) is 0 Å². The van der Waals surface area contributed by atoms with Gasteiger partial charge in [0, 0.05) is 0 Å². The number of sulfonamides is 1. The number of hydrogen-bond acceptors (Lipinski definition) is 6. The SMILES string of the molecule is COC(=O)c1sc(NS(=O)(=O)c2ccc(C)c(F)c2)nc1C. The minimum Gasteiger partial charge on any atom is -0.465 e. The summed E-state index contributed by atoms with van der Waals surface area (Å²) in [6.07, 6.45) is 0. The molecule has 22 heavy (non-hydrogen) atoms. The molecule has 2 aromatic rings. The largest absolute Gasteiger partial charge is 0.465 e. The Kier molecular flexibility index (Phi) is 4.47. The van der Waals surface area contributed by atoms with Gasteiger partial charge in [0.25, 0.3) is 10.0 Å². The zero-order valence-corrected chi connectivity index (χ0v) is 13.6. The summed E-state index contributed by atoms with van der Waals surface area (Å²) in [6, 6.07) is 3.60. The number of hydrogen-bond donors (Lipinski definition) is 1. The Balaban J connectivity index is 2.33. The highest BCUT2D eigenvalue weighted by Gasteiger charge is 2.21. The van der Waals surface area contributed by atoms with Crippen LogP contribution in [0.25, 0.3) is 0 Å². The molecule has 6 nitrogen and oxygen atoms in total. The molecular weight excluding hydrogens is 331 g/mol. The van der Waals surface area contributed by atoms with Crippen LogP contribution in [0.5, 0.6) is 0 Å². The molecule has 1 aromatic carbocycles. The molecule has 1 aromatic heterocycles. The van der Waals surface area contributed by atoms with Crippen molar-refractivity contribution < 1.29 is 22.3 Å². The Morgan fingerprint density at radius 2 is 2.05 bits per heavy atom. The molecule has 9 heteroatoms. The maximum absolute atomic E-state index is 13.5. The molecule has 2 rings (SSSR count). The van der Waals surface area contributed by atoms with Crippen LogP contribution in [0.1, 0.15) is 20.9 Å². The molecule has 0 bridgehead atoms. The van der Waals surface area contributed by atoms with Gasteiger partial charge in [-0.1, -0.05) is 17.4 Å². The second kappa shape index (κ2) is 6.01. The molecule has 0 atom stereocenters. The summed E-state index contributed by atoms with van der Waals surface area (Å²) < 4.78 is 44.7. The summed E-state index contributed by atoms with van der Waals surface area (Å²) in [4.78, 5) is 15.4. The number of thiazole rings is 1. The van der Waals surface area contributed by atoms with Crippen molar-refractivity contribution in [1.82, 2.24) is 4.98 Å². The Bertz CT molecular complexity index is 831. The number of rotatable bonds is 4. The fourth-order valence-electron chi connectivity index (χ4n) is 1.64. The molecule has 0 unspecified atom stereocenters. The van der Waals surface area contributed by atoms with E-state index in [0.717, 1.165) is 17.4 Å². The lowest BCUT2D eigenvalue weighted by Crippen LogP contribution is -2.13. The number of nitrogens with one attached hydrogen (secondary N) is 1. The number of halogens is 1. The smallest absolute Gasteiger partial charge is 0.350 e. The van der Waals surface area contributed by atoms with E-state index in [1.165, 1.54) is 26.2 Å². The Labute approximate surface area is 131 Å². The number of carbonyl (C=O) groups is 1. The third-order valence-corrected chi connectivity index (χ3v) is 5.36. The fraction of sp³-hybridized carbons (Fsp3) is 0.231.